The van der Waals surface area contributed by atoms with E-state index in [1.54, 1.807) is 23.1 Å². The fourth-order valence-electron chi connectivity index (χ4n) is 3.61. The summed E-state index contributed by atoms with van der Waals surface area (Å²) in [4.78, 5) is 36.1. The SMILES string of the molecule is CC(=O)N1C[C@H](CC#N)N(C(=O)/C=C\Cl)C[C@H]1c1cc(Cl)cc(-c2ncc(F)cn2)c1. The summed E-state index contributed by atoms with van der Waals surface area (Å²) >= 11 is 11.9. The number of piperazine rings is 1. The maximum atomic E-state index is 13.2. The molecular formula is C21H18Cl2FN5O2. The average molecular weight is 462 g/mol. The molecule has 0 spiro atoms. The van der Waals surface area contributed by atoms with E-state index in [0.717, 1.165) is 17.9 Å². The Labute approximate surface area is 188 Å². The van der Waals surface area contributed by atoms with Crippen LogP contribution in [0.25, 0.3) is 11.4 Å². The molecule has 31 heavy (non-hydrogen) atoms. The molecule has 1 saturated heterocycles. The number of amides is 2. The second-order valence-electron chi connectivity index (χ2n) is 6.98. The van der Waals surface area contributed by atoms with E-state index >= 15 is 0 Å². The first kappa shape index (κ1) is 22.7. The first-order valence-corrected chi connectivity index (χ1v) is 10.2. The van der Waals surface area contributed by atoms with Gasteiger partial charge in [-0.25, -0.2) is 14.4 Å². The first-order chi connectivity index (χ1) is 14.8. The Kier molecular flexibility index (Phi) is 7.21. The van der Waals surface area contributed by atoms with Crippen LogP contribution in [0.1, 0.15) is 24.9 Å². The topological polar surface area (TPSA) is 90.2 Å². The lowest BCUT2D eigenvalue weighted by Gasteiger charge is -2.45. The Hall–Kier alpha value is -3.02. The molecule has 0 aliphatic carbocycles. The summed E-state index contributed by atoms with van der Waals surface area (Å²) < 4.78 is 13.2. The van der Waals surface area contributed by atoms with Gasteiger partial charge < -0.3 is 9.80 Å². The number of hydrogen-bond acceptors (Lipinski definition) is 5. The normalized spacial score (nSPS) is 18.8. The van der Waals surface area contributed by atoms with E-state index in [4.69, 9.17) is 23.2 Å². The molecule has 1 aliphatic heterocycles. The molecule has 2 heterocycles. The predicted molar refractivity (Wildman–Crippen MR) is 113 cm³/mol. The van der Waals surface area contributed by atoms with E-state index in [2.05, 4.69) is 16.0 Å². The van der Waals surface area contributed by atoms with Crippen molar-refractivity contribution < 1.29 is 14.0 Å². The van der Waals surface area contributed by atoms with Gasteiger partial charge in [-0.1, -0.05) is 23.2 Å². The Balaban J connectivity index is 2.03. The molecule has 1 aliphatic rings. The molecule has 2 aromatic rings. The van der Waals surface area contributed by atoms with Gasteiger partial charge in [0.15, 0.2) is 11.6 Å². The van der Waals surface area contributed by atoms with Gasteiger partial charge in [0.2, 0.25) is 11.8 Å². The quantitative estimate of drug-likeness (QED) is 0.647. The summed E-state index contributed by atoms with van der Waals surface area (Å²) in [5, 5.41) is 9.56. The van der Waals surface area contributed by atoms with Gasteiger partial charge in [0.05, 0.1) is 37.0 Å². The number of carbonyl (C=O) groups is 2. The molecule has 2 amide bonds. The van der Waals surface area contributed by atoms with Crippen molar-refractivity contribution in [3.63, 3.8) is 0 Å². The number of nitrogens with zero attached hydrogens (tertiary/aromatic N) is 5. The minimum absolute atomic E-state index is 0.0720. The van der Waals surface area contributed by atoms with Gasteiger partial charge in [-0.15, -0.1) is 0 Å². The minimum atomic E-state index is -0.564. The second-order valence-corrected chi connectivity index (χ2v) is 7.67. The van der Waals surface area contributed by atoms with Crippen molar-refractivity contribution in [1.29, 1.82) is 5.26 Å². The third-order valence-electron chi connectivity index (χ3n) is 5.00. The van der Waals surface area contributed by atoms with Crippen LogP contribution < -0.4 is 0 Å². The highest BCUT2D eigenvalue weighted by Crippen LogP contribution is 2.33. The minimum Gasteiger partial charge on any atom is -0.332 e. The molecule has 10 heteroatoms. The Bertz CT molecular complexity index is 1050. The third kappa shape index (κ3) is 5.19. The summed E-state index contributed by atoms with van der Waals surface area (Å²) in [6.07, 6.45) is 3.39. The molecule has 0 saturated carbocycles. The van der Waals surface area contributed by atoms with Gasteiger partial charge in [-0.2, -0.15) is 5.26 Å². The second kappa shape index (κ2) is 9.86. The first-order valence-electron chi connectivity index (χ1n) is 9.34. The third-order valence-corrected chi connectivity index (χ3v) is 5.34. The Morgan fingerprint density at radius 2 is 1.97 bits per heavy atom. The van der Waals surface area contributed by atoms with Crippen LogP contribution in [0.4, 0.5) is 4.39 Å². The number of aromatic nitrogens is 2. The lowest BCUT2D eigenvalue weighted by Crippen LogP contribution is -2.57. The highest BCUT2D eigenvalue weighted by molar-refractivity contribution is 6.31. The number of nitriles is 1. The van der Waals surface area contributed by atoms with Gasteiger partial charge in [0.1, 0.15) is 0 Å². The summed E-state index contributed by atoms with van der Waals surface area (Å²) in [6.45, 7) is 1.77. The molecular weight excluding hydrogens is 444 g/mol. The lowest BCUT2D eigenvalue weighted by atomic mass is 9.96. The maximum absolute atomic E-state index is 13.2. The van der Waals surface area contributed by atoms with Crippen molar-refractivity contribution in [1.82, 2.24) is 19.8 Å². The van der Waals surface area contributed by atoms with Crippen LogP contribution in [0.5, 0.6) is 0 Å². The zero-order valence-electron chi connectivity index (χ0n) is 16.5. The van der Waals surface area contributed by atoms with Crippen molar-refractivity contribution >= 4 is 35.0 Å². The van der Waals surface area contributed by atoms with Crippen LogP contribution in [0.2, 0.25) is 5.02 Å². The van der Waals surface area contributed by atoms with Crippen molar-refractivity contribution in [3.8, 4) is 17.5 Å². The Morgan fingerprint density at radius 1 is 1.26 bits per heavy atom. The summed E-state index contributed by atoms with van der Waals surface area (Å²) in [5.41, 5.74) is 2.32. The van der Waals surface area contributed by atoms with Gasteiger partial charge in [-0.3, -0.25) is 9.59 Å². The van der Waals surface area contributed by atoms with E-state index in [9.17, 15) is 19.2 Å². The standard InChI is InChI=1S/C21H18Cl2FN5O2/c1-13(30)28-11-18(3-5-25)29(20(31)2-4-22)12-19(28)14-6-15(8-16(23)7-14)21-26-9-17(24)10-27-21/h2,4,6-10,18-19H,3,11-12H2,1H3/b4-2-/t18-,19-/m0/s1. The molecule has 1 aromatic heterocycles. The van der Waals surface area contributed by atoms with E-state index in [1.165, 1.54) is 17.9 Å². The fraction of sp³-hybridized carbons (Fsp3) is 0.286. The van der Waals surface area contributed by atoms with Crippen LogP contribution >= 0.6 is 23.2 Å². The zero-order valence-corrected chi connectivity index (χ0v) is 18.0. The van der Waals surface area contributed by atoms with Crippen molar-refractivity contribution in [3.05, 3.63) is 58.6 Å². The molecule has 0 N–H and O–H groups in total. The van der Waals surface area contributed by atoms with E-state index < -0.39 is 17.9 Å². The molecule has 1 fully saturated rings. The highest BCUT2D eigenvalue weighted by Gasteiger charge is 2.37. The molecule has 1 aromatic carbocycles. The molecule has 0 radical (unpaired) electrons. The van der Waals surface area contributed by atoms with Gasteiger partial charge in [0.25, 0.3) is 0 Å². The van der Waals surface area contributed by atoms with E-state index in [0.29, 0.717) is 16.1 Å². The maximum Gasteiger partial charge on any atom is 0.247 e. The van der Waals surface area contributed by atoms with Gasteiger partial charge in [0, 0.05) is 42.2 Å². The fourth-order valence-corrected chi connectivity index (χ4v) is 3.97. The summed E-state index contributed by atoms with van der Waals surface area (Å²) in [7, 11) is 0. The summed E-state index contributed by atoms with van der Waals surface area (Å²) in [5.74, 6) is -0.846. The molecule has 160 valence electrons. The zero-order chi connectivity index (χ0) is 22.5. The molecule has 2 atom stereocenters. The van der Waals surface area contributed by atoms with E-state index in [1.807, 2.05) is 0 Å². The summed E-state index contributed by atoms with van der Waals surface area (Å²) in [6, 6.07) is 6.17. The number of halogens is 3. The molecule has 0 bridgehead atoms. The van der Waals surface area contributed by atoms with Crippen LogP contribution in [-0.4, -0.2) is 50.7 Å². The molecule has 0 unspecified atom stereocenters. The van der Waals surface area contributed by atoms with E-state index in [-0.39, 0.29) is 37.1 Å². The van der Waals surface area contributed by atoms with Crippen molar-refractivity contribution in [2.24, 2.45) is 0 Å². The van der Waals surface area contributed by atoms with Crippen LogP contribution in [0.15, 0.2) is 42.2 Å². The number of carbonyl (C=O) groups excluding carboxylic acids is 2. The Morgan fingerprint density at radius 3 is 2.58 bits per heavy atom. The van der Waals surface area contributed by atoms with Crippen LogP contribution in [0, 0.1) is 17.1 Å². The van der Waals surface area contributed by atoms with Crippen LogP contribution in [-0.2, 0) is 9.59 Å². The number of benzene rings is 1. The van der Waals surface area contributed by atoms with Crippen LogP contribution in [0.3, 0.4) is 0 Å². The number of hydrogen-bond donors (Lipinski definition) is 0. The molecule has 3 rings (SSSR count). The largest absolute Gasteiger partial charge is 0.332 e. The number of rotatable bonds is 4. The lowest BCUT2D eigenvalue weighted by molar-refractivity contribution is -0.143. The highest BCUT2D eigenvalue weighted by atomic mass is 35.5. The van der Waals surface area contributed by atoms with Crippen molar-refractivity contribution in [2.45, 2.75) is 25.4 Å². The molecule has 7 nitrogen and oxygen atoms in total. The predicted octanol–water partition coefficient (Wildman–Crippen LogP) is 3.70. The van der Waals surface area contributed by atoms with Gasteiger partial charge in [-0.05, 0) is 23.8 Å². The van der Waals surface area contributed by atoms with Gasteiger partial charge >= 0.3 is 0 Å². The monoisotopic (exact) mass is 461 g/mol. The average Bonchev–Trinajstić information content (AvgIpc) is 2.73. The van der Waals surface area contributed by atoms with Crippen molar-refractivity contribution in [2.75, 3.05) is 13.1 Å². The smallest absolute Gasteiger partial charge is 0.247 e.